The molecule has 3 rings (SSSR count). The number of fused-ring (bicyclic) bond motifs is 1. The summed E-state index contributed by atoms with van der Waals surface area (Å²) in [5, 5.41) is 3.98. The normalized spacial score (nSPS) is 33.1. The van der Waals surface area contributed by atoms with Crippen molar-refractivity contribution < 1.29 is 4.74 Å². The molecule has 2 aliphatic carbocycles. The fourth-order valence-electron chi connectivity index (χ4n) is 4.15. The summed E-state index contributed by atoms with van der Waals surface area (Å²) in [6.07, 6.45) is 3.97. The van der Waals surface area contributed by atoms with E-state index in [2.05, 4.69) is 57.3 Å². The van der Waals surface area contributed by atoms with Crippen LogP contribution in [0.15, 0.2) is 24.3 Å². The van der Waals surface area contributed by atoms with Crippen LogP contribution < -0.4 is 5.32 Å². The van der Waals surface area contributed by atoms with Gasteiger partial charge in [0.05, 0.1) is 6.10 Å². The van der Waals surface area contributed by atoms with E-state index >= 15 is 0 Å². The molecule has 2 aliphatic rings. The van der Waals surface area contributed by atoms with E-state index in [4.69, 9.17) is 4.74 Å². The number of aryl methyl sites for hydroxylation is 1. The molecule has 0 heterocycles. The number of hydrogen-bond donors (Lipinski definition) is 1. The van der Waals surface area contributed by atoms with Crippen LogP contribution in [0.2, 0.25) is 0 Å². The molecule has 0 aromatic heterocycles. The first-order chi connectivity index (χ1) is 9.86. The molecule has 1 aromatic rings. The van der Waals surface area contributed by atoms with Gasteiger partial charge in [0, 0.05) is 24.6 Å². The number of nitrogens with one attached hydrogen (secondary N) is 1. The van der Waals surface area contributed by atoms with Gasteiger partial charge < -0.3 is 10.1 Å². The highest BCUT2D eigenvalue weighted by molar-refractivity contribution is 5.34. The van der Waals surface area contributed by atoms with Crippen molar-refractivity contribution in [2.24, 2.45) is 10.8 Å². The summed E-state index contributed by atoms with van der Waals surface area (Å²) in [4.78, 5) is 0. The van der Waals surface area contributed by atoms with Crippen molar-refractivity contribution in [1.29, 1.82) is 0 Å². The summed E-state index contributed by atoms with van der Waals surface area (Å²) < 4.78 is 5.60. The van der Waals surface area contributed by atoms with Crippen molar-refractivity contribution in [2.75, 3.05) is 7.11 Å². The zero-order valence-corrected chi connectivity index (χ0v) is 14.1. The highest BCUT2D eigenvalue weighted by atomic mass is 16.5. The molecule has 3 atom stereocenters. The van der Waals surface area contributed by atoms with E-state index in [1.165, 1.54) is 24.0 Å². The quantitative estimate of drug-likeness (QED) is 0.903. The van der Waals surface area contributed by atoms with E-state index in [0.717, 1.165) is 6.42 Å². The van der Waals surface area contributed by atoms with E-state index < -0.39 is 0 Å². The zero-order chi connectivity index (χ0) is 15.3. The fraction of sp³-hybridized carbons (Fsp3) is 0.684. The largest absolute Gasteiger partial charge is 0.381 e. The molecule has 116 valence electrons. The van der Waals surface area contributed by atoms with Gasteiger partial charge in [-0.15, -0.1) is 0 Å². The molecule has 1 saturated carbocycles. The molecule has 21 heavy (non-hydrogen) atoms. The molecule has 1 N–H and O–H groups in total. The average Bonchev–Trinajstić information content (AvgIpc) is 2.44. The topological polar surface area (TPSA) is 21.3 Å². The van der Waals surface area contributed by atoms with Gasteiger partial charge in [-0.1, -0.05) is 52.0 Å². The molecular formula is C19H29NO. The molecule has 0 saturated heterocycles. The molecule has 2 nitrogen and oxygen atoms in total. The predicted molar refractivity (Wildman–Crippen MR) is 87.4 cm³/mol. The van der Waals surface area contributed by atoms with Crippen molar-refractivity contribution in [3.05, 3.63) is 35.4 Å². The van der Waals surface area contributed by atoms with Gasteiger partial charge in [-0.25, -0.2) is 0 Å². The molecule has 0 aliphatic heterocycles. The van der Waals surface area contributed by atoms with E-state index in [-0.39, 0.29) is 5.41 Å². The van der Waals surface area contributed by atoms with E-state index in [1.807, 2.05) is 7.11 Å². The first-order valence-electron chi connectivity index (χ1n) is 8.23. The van der Waals surface area contributed by atoms with Crippen molar-refractivity contribution in [3.63, 3.8) is 0 Å². The molecule has 1 aromatic carbocycles. The fourth-order valence-corrected chi connectivity index (χ4v) is 4.15. The van der Waals surface area contributed by atoms with Crippen LogP contribution in [-0.4, -0.2) is 19.3 Å². The smallest absolute Gasteiger partial charge is 0.0652 e. The SMILES string of the molecule is COC1CC(NC2c3ccccc3CCC2(C)C)C1(C)C. The standard InChI is InChI=1S/C19H29NO/c1-18(2)11-10-13-8-6-7-9-14(13)17(18)20-15-12-16(21-5)19(15,3)4/h6-9,15-17,20H,10-12H2,1-5H3. The first-order valence-corrected chi connectivity index (χ1v) is 8.23. The second-order valence-electron chi connectivity index (χ2n) is 8.12. The van der Waals surface area contributed by atoms with E-state index in [0.29, 0.717) is 23.6 Å². The summed E-state index contributed by atoms with van der Waals surface area (Å²) in [6.45, 7) is 9.45. The maximum Gasteiger partial charge on any atom is 0.0652 e. The van der Waals surface area contributed by atoms with Crippen LogP contribution in [0.4, 0.5) is 0 Å². The number of rotatable bonds is 3. The molecule has 3 unspecified atom stereocenters. The summed E-state index contributed by atoms with van der Waals surface area (Å²) in [6, 6.07) is 9.94. The summed E-state index contributed by atoms with van der Waals surface area (Å²) >= 11 is 0. The third-order valence-electron chi connectivity index (χ3n) is 6.02. The zero-order valence-electron chi connectivity index (χ0n) is 14.1. The molecule has 1 fully saturated rings. The summed E-state index contributed by atoms with van der Waals surface area (Å²) in [5.74, 6) is 0. The highest BCUT2D eigenvalue weighted by Gasteiger charge is 2.50. The van der Waals surface area contributed by atoms with Crippen LogP contribution in [0.5, 0.6) is 0 Å². The van der Waals surface area contributed by atoms with Gasteiger partial charge >= 0.3 is 0 Å². The Hall–Kier alpha value is -0.860. The second kappa shape index (κ2) is 5.10. The Labute approximate surface area is 129 Å². The van der Waals surface area contributed by atoms with Crippen molar-refractivity contribution >= 4 is 0 Å². The number of hydrogen-bond acceptors (Lipinski definition) is 2. The molecule has 0 amide bonds. The molecule has 0 radical (unpaired) electrons. The maximum atomic E-state index is 5.60. The summed E-state index contributed by atoms with van der Waals surface area (Å²) in [5.41, 5.74) is 3.56. The Morgan fingerprint density at radius 2 is 1.86 bits per heavy atom. The average molecular weight is 287 g/mol. The highest BCUT2D eigenvalue weighted by Crippen LogP contribution is 2.48. The Morgan fingerprint density at radius 3 is 2.52 bits per heavy atom. The van der Waals surface area contributed by atoms with Crippen LogP contribution >= 0.6 is 0 Å². The minimum Gasteiger partial charge on any atom is -0.381 e. The minimum absolute atomic E-state index is 0.219. The van der Waals surface area contributed by atoms with Crippen LogP contribution in [0, 0.1) is 10.8 Å². The Bertz CT molecular complexity index is 520. The van der Waals surface area contributed by atoms with Gasteiger partial charge in [-0.3, -0.25) is 0 Å². The van der Waals surface area contributed by atoms with Crippen molar-refractivity contribution in [1.82, 2.24) is 5.32 Å². The maximum absolute atomic E-state index is 5.60. The Morgan fingerprint density at radius 1 is 1.14 bits per heavy atom. The first kappa shape index (κ1) is 15.1. The van der Waals surface area contributed by atoms with Gasteiger partial charge in [0.15, 0.2) is 0 Å². The van der Waals surface area contributed by atoms with Crippen LogP contribution in [0.25, 0.3) is 0 Å². The van der Waals surface area contributed by atoms with Crippen molar-refractivity contribution in [3.8, 4) is 0 Å². The summed E-state index contributed by atoms with van der Waals surface area (Å²) in [7, 11) is 1.84. The molecule has 0 spiro atoms. The van der Waals surface area contributed by atoms with Gasteiger partial charge in [-0.2, -0.15) is 0 Å². The lowest BCUT2D eigenvalue weighted by Gasteiger charge is -2.54. The third-order valence-corrected chi connectivity index (χ3v) is 6.02. The van der Waals surface area contributed by atoms with Gasteiger partial charge in [-0.05, 0) is 35.8 Å². The van der Waals surface area contributed by atoms with Gasteiger partial charge in [0.2, 0.25) is 0 Å². The number of ether oxygens (including phenoxy) is 1. The minimum atomic E-state index is 0.219. The predicted octanol–water partition coefficient (Wildman–Crippen LogP) is 4.10. The lowest BCUT2D eigenvalue weighted by molar-refractivity contribution is -0.104. The second-order valence-corrected chi connectivity index (χ2v) is 8.12. The van der Waals surface area contributed by atoms with Gasteiger partial charge in [0.25, 0.3) is 0 Å². The third kappa shape index (κ3) is 2.43. The molecule has 0 bridgehead atoms. The Kier molecular flexibility index (Phi) is 3.66. The lowest BCUT2D eigenvalue weighted by Crippen LogP contribution is -2.62. The lowest BCUT2D eigenvalue weighted by atomic mass is 9.62. The van der Waals surface area contributed by atoms with E-state index in [1.54, 1.807) is 0 Å². The monoisotopic (exact) mass is 287 g/mol. The Balaban J connectivity index is 1.84. The van der Waals surface area contributed by atoms with Crippen LogP contribution in [0.1, 0.15) is 57.7 Å². The van der Waals surface area contributed by atoms with Gasteiger partial charge in [0.1, 0.15) is 0 Å². The van der Waals surface area contributed by atoms with E-state index in [9.17, 15) is 0 Å². The van der Waals surface area contributed by atoms with Crippen molar-refractivity contribution in [2.45, 2.75) is 65.1 Å². The molecule has 2 heteroatoms. The number of benzene rings is 1. The number of methoxy groups -OCH3 is 1. The van der Waals surface area contributed by atoms with Crippen LogP contribution in [-0.2, 0) is 11.2 Å². The van der Waals surface area contributed by atoms with Crippen LogP contribution in [0.3, 0.4) is 0 Å². The molecular weight excluding hydrogens is 258 g/mol.